The number of unbranched alkanes of at least 4 members (excludes halogenated alkanes) is 16. The summed E-state index contributed by atoms with van der Waals surface area (Å²) in [7, 11) is 1.48. The van der Waals surface area contributed by atoms with Crippen LogP contribution >= 0.6 is 7.82 Å². The Morgan fingerprint density at radius 3 is 2.05 bits per heavy atom. The van der Waals surface area contributed by atoms with Gasteiger partial charge in [-0.05, 0) is 63.9 Å². The number of nitrogens with zero attached hydrogens (tertiary/aromatic N) is 1. The number of rotatable bonds is 38. The normalized spacial score (nSPS) is 19.7. The Morgan fingerprint density at radius 2 is 1.40 bits per heavy atom. The first kappa shape index (κ1) is 54.2. The highest BCUT2D eigenvalue weighted by atomic mass is 31.2. The molecule has 58 heavy (non-hydrogen) atoms. The van der Waals surface area contributed by atoms with Crippen LogP contribution in [0.4, 0.5) is 0 Å². The zero-order chi connectivity index (χ0) is 42.9. The average molecular weight is 843 g/mol. The minimum absolute atomic E-state index is 0.0268. The van der Waals surface area contributed by atoms with E-state index in [1.54, 1.807) is 12.3 Å². The molecular weight excluding hydrogens is 757 g/mol. The van der Waals surface area contributed by atoms with Crippen LogP contribution in [0, 0.1) is 11.8 Å². The number of ketones is 1. The quantitative estimate of drug-likeness (QED) is 0.0137. The van der Waals surface area contributed by atoms with E-state index in [-0.39, 0.29) is 50.3 Å². The molecule has 0 aromatic rings. The van der Waals surface area contributed by atoms with E-state index in [0.29, 0.717) is 30.3 Å². The van der Waals surface area contributed by atoms with Crippen LogP contribution in [-0.4, -0.2) is 97.2 Å². The summed E-state index contributed by atoms with van der Waals surface area (Å²) in [6.45, 7) is 4.53. The third-order valence-corrected chi connectivity index (χ3v) is 11.6. The van der Waals surface area contributed by atoms with Gasteiger partial charge in [-0.2, -0.15) is 0 Å². The molecule has 0 spiro atoms. The van der Waals surface area contributed by atoms with Crippen molar-refractivity contribution in [3.8, 4) is 0 Å². The van der Waals surface area contributed by atoms with Crippen molar-refractivity contribution in [1.82, 2.24) is 0 Å². The number of carbonyl (C=O) groups is 2. The molecule has 0 aliphatic heterocycles. The average Bonchev–Trinajstić information content (AvgIpc) is 3.43. The number of esters is 1. The fourth-order valence-corrected chi connectivity index (χ4v) is 7.74. The van der Waals surface area contributed by atoms with Crippen LogP contribution in [0.5, 0.6) is 0 Å². The van der Waals surface area contributed by atoms with Gasteiger partial charge in [-0.15, -0.1) is 0 Å². The van der Waals surface area contributed by atoms with Crippen molar-refractivity contribution in [3.63, 3.8) is 0 Å². The van der Waals surface area contributed by atoms with Crippen LogP contribution < -0.4 is 0 Å². The first-order valence-corrected chi connectivity index (χ1v) is 24.4. The zero-order valence-corrected chi connectivity index (χ0v) is 38.1. The van der Waals surface area contributed by atoms with Gasteiger partial charge in [0.05, 0.1) is 46.2 Å². The molecule has 0 radical (unpaired) electrons. The first-order chi connectivity index (χ1) is 27.8. The monoisotopic (exact) mass is 843 g/mol. The Labute approximate surface area is 353 Å². The second kappa shape index (κ2) is 33.8. The van der Waals surface area contributed by atoms with Crippen LogP contribution in [0.1, 0.15) is 168 Å². The molecular formula is C46H85NO10P+. The van der Waals surface area contributed by atoms with Gasteiger partial charge >= 0.3 is 13.8 Å². The Bertz CT molecular complexity index is 1190. The number of carbonyl (C=O) groups excluding carboxylic acids is 2. The van der Waals surface area contributed by atoms with Crippen molar-refractivity contribution in [2.24, 2.45) is 11.8 Å². The molecule has 6 atom stereocenters. The fraction of sp³-hybridized carbons (Fsp3) is 0.826. The highest BCUT2D eigenvalue weighted by Crippen LogP contribution is 2.43. The highest BCUT2D eigenvalue weighted by Gasteiger charge is 2.39. The number of phosphoric acid groups is 1. The second-order valence-corrected chi connectivity index (χ2v) is 18.7. The summed E-state index contributed by atoms with van der Waals surface area (Å²) in [6.07, 6.45) is 33.1. The lowest BCUT2D eigenvalue weighted by molar-refractivity contribution is -0.870. The lowest BCUT2D eigenvalue weighted by atomic mass is 9.88. The Balaban J connectivity index is 2.44. The number of phosphoric ester groups is 1. The SMILES string of the molecule is CCCCCC/C=C\CCCCCCCC/C=C/OC[C@H](COP(=O)(O)OCC[N+](C)(C)C)OC(=O)CCCCCC[C@H]1C(=O)C[C@@H](O)[C@@H]1/C=C/[C@@H](O)CCCCC. The van der Waals surface area contributed by atoms with E-state index in [1.165, 1.54) is 64.2 Å². The van der Waals surface area contributed by atoms with E-state index < -0.39 is 32.1 Å². The van der Waals surface area contributed by atoms with E-state index in [9.17, 15) is 29.3 Å². The number of Topliss-reactive ketones (excluding diaryl/α,β-unsaturated/α-hetero) is 1. The van der Waals surface area contributed by atoms with Crippen molar-refractivity contribution in [1.29, 1.82) is 0 Å². The summed E-state index contributed by atoms with van der Waals surface area (Å²) in [6, 6.07) is 0. The third-order valence-electron chi connectivity index (χ3n) is 10.6. The third kappa shape index (κ3) is 30.2. The lowest BCUT2D eigenvalue weighted by Gasteiger charge is -2.24. The van der Waals surface area contributed by atoms with Gasteiger partial charge in [-0.25, -0.2) is 4.57 Å². The van der Waals surface area contributed by atoms with Crippen LogP contribution in [-0.2, 0) is 32.7 Å². The number of quaternary nitrogens is 1. The number of hydrogen-bond donors (Lipinski definition) is 3. The van der Waals surface area contributed by atoms with Crippen LogP contribution in [0.25, 0.3) is 0 Å². The highest BCUT2D eigenvalue weighted by molar-refractivity contribution is 7.47. The molecule has 1 rings (SSSR count). The molecule has 338 valence electrons. The number of aliphatic hydroxyl groups excluding tert-OH is 2. The molecule has 1 aliphatic rings. The molecule has 3 N–H and O–H groups in total. The van der Waals surface area contributed by atoms with Crippen molar-refractivity contribution < 1.29 is 52.3 Å². The Morgan fingerprint density at radius 1 is 0.810 bits per heavy atom. The van der Waals surface area contributed by atoms with E-state index in [0.717, 1.165) is 57.8 Å². The fourth-order valence-electron chi connectivity index (χ4n) is 7.00. The van der Waals surface area contributed by atoms with Gasteiger partial charge in [0.1, 0.15) is 25.5 Å². The molecule has 1 unspecified atom stereocenters. The zero-order valence-electron chi connectivity index (χ0n) is 37.2. The van der Waals surface area contributed by atoms with Gasteiger partial charge in [0.25, 0.3) is 0 Å². The molecule has 12 heteroatoms. The predicted octanol–water partition coefficient (Wildman–Crippen LogP) is 10.3. The van der Waals surface area contributed by atoms with E-state index in [1.807, 2.05) is 33.3 Å². The molecule has 0 saturated heterocycles. The summed E-state index contributed by atoms with van der Waals surface area (Å²) in [5, 5.41) is 20.8. The molecule has 1 fully saturated rings. The van der Waals surface area contributed by atoms with Crippen LogP contribution in [0.3, 0.4) is 0 Å². The molecule has 0 aromatic heterocycles. The largest absolute Gasteiger partial charge is 0.498 e. The van der Waals surface area contributed by atoms with Crippen molar-refractivity contribution in [2.75, 3.05) is 47.5 Å². The molecule has 0 bridgehead atoms. The first-order valence-electron chi connectivity index (χ1n) is 22.9. The molecule has 11 nitrogen and oxygen atoms in total. The van der Waals surface area contributed by atoms with Gasteiger partial charge in [0.15, 0.2) is 6.10 Å². The maximum Gasteiger partial charge on any atom is 0.472 e. The topological polar surface area (TPSA) is 149 Å². The minimum Gasteiger partial charge on any atom is -0.498 e. The summed E-state index contributed by atoms with van der Waals surface area (Å²) in [4.78, 5) is 35.7. The predicted molar refractivity (Wildman–Crippen MR) is 234 cm³/mol. The van der Waals surface area contributed by atoms with Gasteiger partial charge in [0.2, 0.25) is 0 Å². The number of ether oxygens (including phenoxy) is 2. The van der Waals surface area contributed by atoms with E-state index >= 15 is 0 Å². The van der Waals surface area contributed by atoms with E-state index in [2.05, 4.69) is 26.0 Å². The molecule has 1 saturated carbocycles. The lowest BCUT2D eigenvalue weighted by Crippen LogP contribution is -2.37. The number of likely N-dealkylation sites (N-methyl/N-ethyl adjacent to an activating group) is 1. The molecule has 0 heterocycles. The van der Waals surface area contributed by atoms with Crippen LogP contribution in [0.15, 0.2) is 36.6 Å². The second-order valence-electron chi connectivity index (χ2n) is 17.3. The summed E-state index contributed by atoms with van der Waals surface area (Å²) in [5.74, 6) is -0.921. The summed E-state index contributed by atoms with van der Waals surface area (Å²) in [5.41, 5.74) is 0. The van der Waals surface area contributed by atoms with Crippen molar-refractivity contribution in [3.05, 3.63) is 36.6 Å². The van der Waals surface area contributed by atoms with Gasteiger partial charge in [0, 0.05) is 24.7 Å². The smallest absolute Gasteiger partial charge is 0.472 e. The number of aliphatic hydroxyl groups is 2. The van der Waals surface area contributed by atoms with Crippen molar-refractivity contribution >= 4 is 19.6 Å². The standard InChI is InChI=1S/C46H84NO10P/c1-6-8-10-11-12-13-14-15-16-17-18-19-20-21-24-28-35-54-38-41(39-56-58(52,53)55-36-34-47(3,4)5)57-46(51)31-27-23-22-26-30-42-43(45(50)37-44(42)49)33-32-40(48)29-25-9-7-2/h13-14,28,32-33,35,40-43,45,48,50H,6-12,15-27,29-31,34,36-39H2,1-5H3/p+1/b14-13-,33-32+,35-28+/t40-,41+,42+,43+,45+/m0/s1. The summed E-state index contributed by atoms with van der Waals surface area (Å²) < 4.78 is 34.7. The van der Waals surface area contributed by atoms with Crippen molar-refractivity contribution in [2.45, 2.75) is 186 Å². The van der Waals surface area contributed by atoms with Gasteiger partial charge in [-0.3, -0.25) is 18.6 Å². The molecule has 0 amide bonds. The van der Waals surface area contributed by atoms with Crippen LogP contribution in [0.2, 0.25) is 0 Å². The Hall–Kier alpha value is -1.85. The Kier molecular flexibility index (Phi) is 31.6. The molecule has 0 aromatic carbocycles. The van der Waals surface area contributed by atoms with Gasteiger partial charge < -0.3 is 29.1 Å². The van der Waals surface area contributed by atoms with Gasteiger partial charge in [-0.1, -0.05) is 122 Å². The maximum atomic E-state index is 12.8. The van der Waals surface area contributed by atoms with E-state index in [4.69, 9.17) is 18.5 Å². The molecule has 1 aliphatic carbocycles. The number of hydrogen-bond acceptors (Lipinski definition) is 9. The maximum absolute atomic E-state index is 12.8. The minimum atomic E-state index is -4.36. The summed E-state index contributed by atoms with van der Waals surface area (Å²) >= 11 is 0. The number of allylic oxidation sites excluding steroid dienone is 3.